The fourth-order valence-electron chi connectivity index (χ4n) is 3.66. The average Bonchev–Trinajstić information content (AvgIpc) is 3.33. The van der Waals surface area contributed by atoms with E-state index in [2.05, 4.69) is 10.3 Å². The molecule has 3 aromatic rings. The second-order valence-corrected chi connectivity index (χ2v) is 7.76. The molecule has 1 atom stereocenters. The van der Waals surface area contributed by atoms with Crippen molar-refractivity contribution in [1.29, 1.82) is 0 Å². The summed E-state index contributed by atoms with van der Waals surface area (Å²) in [6, 6.07) is 9.44. The normalized spacial score (nSPS) is 17.5. The highest BCUT2D eigenvalue weighted by molar-refractivity contribution is 5.92. The highest BCUT2D eigenvalue weighted by atomic mass is 19.1. The van der Waals surface area contributed by atoms with Crippen LogP contribution < -0.4 is 0 Å². The number of amides is 1. The second kappa shape index (κ2) is 8.19. The van der Waals surface area contributed by atoms with Crippen LogP contribution in [0.3, 0.4) is 0 Å². The number of aromatic nitrogens is 2. The molecule has 29 heavy (non-hydrogen) atoms. The number of benzene rings is 1. The average molecular weight is 397 g/mol. The van der Waals surface area contributed by atoms with Crippen LogP contribution in [0.25, 0.3) is 11.3 Å². The third-order valence-corrected chi connectivity index (χ3v) is 5.33. The molecule has 3 heterocycles. The molecular formula is C22H24FN3O3. The first-order chi connectivity index (χ1) is 14.0. The summed E-state index contributed by atoms with van der Waals surface area (Å²) in [4.78, 5) is 15.0. The van der Waals surface area contributed by atoms with Crippen LogP contribution in [-0.2, 0) is 0 Å². The maximum absolute atomic E-state index is 13.2. The van der Waals surface area contributed by atoms with Gasteiger partial charge in [0.15, 0.2) is 11.5 Å². The molecule has 7 heteroatoms. The van der Waals surface area contributed by atoms with Gasteiger partial charge in [0.05, 0.1) is 6.04 Å². The summed E-state index contributed by atoms with van der Waals surface area (Å²) >= 11 is 0. The maximum Gasteiger partial charge on any atom is 0.276 e. The van der Waals surface area contributed by atoms with Gasteiger partial charge in [0.25, 0.3) is 5.91 Å². The molecule has 6 nitrogen and oxygen atoms in total. The fourth-order valence-corrected chi connectivity index (χ4v) is 3.66. The predicted octanol–water partition coefficient (Wildman–Crippen LogP) is 5.35. The molecule has 0 aliphatic carbocycles. The molecular weight excluding hydrogens is 373 g/mol. The van der Waals surface area contributed by atoms with Gasteiger partial charge in [0.2, 0.25) is 0 Å². The first-order valence-electron chi connectivity index (χ1n) is 10.0. The number of hydrogen-bond acceptors (Lipinski definition) is 5. The fraction of sp³-hybridized carbons (Fsp3) is 0.409. The summed E-state index contributed by atoms with van der Waals surface area (Å²) in [5, 5.41) is 8.22. The molecule has 1 aliphatic heterocycles. The van der Waals surface area contributed by atoms with Crippen LogP contribution in [0.1, 0.15) is 73.4 Å². The van der Waals surface area contributed by atoms with Gasteiger partial charge in [-0.05, 0) is 37.1 Å². The van der Waals surface area contributed by atoms with E-state index in [0.29, 0.717) is 29.5 Å². The third kappa shape index (κ3) is 4.09. The van der Waals surface area contributed by atoms with Gasteiger partial charge in [0, 0.05) is 30.2 Å². The van der Waals surface area contributed by atoms with Crippen molar-refractivity contribution in [2.45, 2.75) is 51.5 Å². The van der Waals surface area contributed by atoms with Crippen molar-refractivity contribution in [1.82, 2.24) is 15.2 Å². The highest BCUT2D eigenvalue weighted by Crippen LogP contribution is 2.33. The number of likely N-dealkylation sites (tertiary alicyclic amines) is 1. The molecule has 1 unspecified atom stereocenters. The predicted molar refractivity (Wildman–Crippen MR) is 105 cm³/mol. The number of carbonyl (C=O) groups excluding carboxylic acids is 1. The summed E-state index contributed by atoms with van der Waals surface area (Å²) in [5.74, 6) is 0.957. The van der Waals surface area contributed by atoms with E-state index >= 15 is 0 Å². The van der Waals surface area contributed by atoms with Gasteiger partial charge >= 0.3 is 0 Å². The van der Waals surface area contributed by atoms with E-state index in [0.717, 1.165) is 31.2 Å². The Morgan fingerprint density at radius 2 is 1.90 bits per heavy atom. The Morgan fingerprint density at radius 1 is 1.10 bits per heavy atom. The van der Waals surface area contributed by atoms with E-state index in [9.17, 15) is 9.18 Å². The standard InChI is InChI=1S/C22H24FN3O3/c1-14(2)20-13-18(25-28-20)22(27)26-11-5-3-4-6-19(26)17-12-21(29-24-17)15-7-9-16(23)10-8-15/h7-10,12-14,19H,3-6,11H2,1-2H3. The van der Waals surface area contributed by atoms with Gasteiger partial charge in [-0.3, -0.25) is 4.79 Å². The number of carbonyl (C=O) groups is 1. The molecule has 1 aromatic carbocycles. The Morgan fingerprint density at radius 3 is 2.62 bits per heavy atom. The SMILES string of the molecule is CC(C)c1cc(C(=O)N2CCCCCC2c2cc(-c3ccc(F)cc3)on2)no1. The topological polar surface area (TPSA) is 72.4 Å². The molecule has 0 radical (unpaired) electrons. The monoisotopic (exact) mass is 397 g/mol. The lowest BCUT2D eigenvalue weighted by atomic mass is 10.0. The highest BCUT2D eigenvalue weighted by Gasteiger charge is 2.31. The second-order valence-electron chi connectivity index (χ2n) is 7.76. The zero-order chi connectivity index (χ0) is 20.4. The van der Waals surface area contributed by atoms with Crippen LogP contribution in [-0.4, -0.2) is 27.7 Å². The number of rotatable bonds is 4. The van der Waals surface area contributed by atoms with Gasteiger partial charge < -0.3 is 13.9 Å². The van der Waals surface area contributed by atoms with Gasteiger partial charge in [-0.25, -0.2) is 4.39 Å². The van der Waals surface area contributed by atoms with Gasteiger partial charge in [-0.2, -0.15) is 0 Å². The Kier molecular flexibility index (Phi) is 5.47. The number of hydrogen-bond donors (Lipinski definition) is 0. The zero-order valence-electron chi connectivity index (χ0n) is 16.6. The van der Waals surface area contributed by atoms with Gasteiger partial charge in [-0.1, -0.05) is 37.0 Å². The van der Waals surface area contributed by atoms with Crippen molar-refractivity contribution in [2.24, 2.45) is 0 Å². The molecule has 2 aromatic heterocycles. The summed E-state index contributed by atoms with van der Waals surface area (Å²) in [7, 11) is 0. The molecule has 0 bridgehead atoms. The minimum atomic E-state index is -0.303. The van der Waals surface area contributed by atoms with Crippen LogP contribution in [0.15, 0.2) is 45.4 Å². The van der Waals surface area contributed by atoms with Crippen molar-refractivity contribution in [2.75, 3.05) is 6.54 Å². The van der Waals surface area contributed by atoms with Crippen LogP contribution >= 0.6 is 0 Å². The van der Waals surface area contributed by atoms with E-state index in [4.69, 9.17) is 9.05 Å². The van der Waals surface area contributed by atoms with Crippen molar-refractivity contribution < 1.29 is 18.2 Å². The van der Waals surface area contributed by atoms with Crippen molar-refractivity contribution >= 4 is 5.91 Å². The Labute approximate surface area is 168 Å². The molecule has 4 rings (SSSR count). The lowest BCUT2D eigenvalue weighted by Crippen LogP contribution is -2.35. The Hall–Kier alpha value is -2.96. The molecule has 0 N–H and O–H groups in total. The van der Waals surface area contributed by atoms with E-state index < -0.39 is 0 Å². The largest absolute Gasteiger partial charge is 0.360 e. The Balaban J connectivity index is 1.61. The van der Waals surface area contributed by atoms with Crippen molar-refractivity contribution in [3.05, 3.63) is 59.4 Å². The zero-order valence-corrected chi connectivity index (χ0v) is 16.6. The summed E-state index contributed by atoms with van der Waals surface area (Å²) < 4.78 is 24.0. The number of nitrogens with zero attached hydrogens (tertiary/aromatic N) is 3. The van der Waals surface area contributed by atoms with Gasteiger partial charge in [-0.15, -0.1) is 0 Å². The van der Waals surface area contributed by atoms with E-state index in [1.165, 1.54) is 12.1 Å². The van der Waals surface area contributed by atoms with Crippen LogP contribution in [0, 0.1) is 5.82 Å². The lowest BCUT2D eigenvalue weighted by Gasteiger charge is -2.27. The third-order valence-electron chi connectivity index (χ3n) is 5.33. The quantitative estimate of drug-likeness (QED) is 0.593. The Bertz CT molecular complexity index is 977. The summed E-state index contributed by atoms with van der Waals surface area (Å²) in [6.07, 6.45) is 3.79. The summed E-state index contributed by atoms with van der Waals surface area (Å²) in [6.45, 7) is 4.62. The van der Waals surface area contributed by atoms with Crippen LogP contribution in [0.4, 0.5) is 4.39 Å². The molecule has 1 saturated heterocycles. The van der Waals surface area contributed by atoms with Gasteiger partial charge in [0.1, 0.15) is 17.3 Å². The van der Waals surface area contributed by atoms with E-state index in [1.54, 1.807) is 18.2 Å². The lowest BCUT2D eigenvalue weighted by molar-refractivity contribution is 0.0663. The van der Waals surface area contributed by atoms with Crippen molar-refractivity contribution in [3.63, 3.8) is 0 Å². The minimum absolute atomic E-state index is 0.154. The maximum atomic E-state index is 13.2. The minimum Gasteiger partial charge on any atom is -0.360 e. The van der Waals surface area contributed by atoms with Crippen LogP contribution in [0.5, 0.6) is 0 Å². The molecule has 0 spiro atoms. The number of halogens is 1. The molecule has 152 valence electrons. The van der Waals surface area contributed by atoms with Crippen LogP contribution in [0.2, 0.25) is 0 Å². The molecule has 1 fully saturated rings. The summed E-state index contributed by atoms with van der Waals surface area (Å²) in [5.41, 5.74) is 1.77. The molecule has 1 aliphatic rings. The smallest absolute Gasteiger partial charge is 0.276 e. The first kappa shape index (κ1) is 19.4. The van der Waals surface area contributed by atoms with E-state index in [-0.39, 0.29) is 23.7 Å². The first-order valence-corrected chi connectivity index (χ1v) is 10.0. The van der Waals surface area contributed by atoms with E-state index in [1.807, 2.05) is 24.8 Å². The molecule has 1 amide bonds. The molecule has 0 saturated carbocycles. The van der Waals surface area contributed by atoms with Crippen molar-refractivity contribution in [3.8, 4) is 11.3 Å².